The molecule has 0 aliphatic carbocycles. The van der Waals surface area contributed by atoms with Crippen molar-refractivity contribution >= 4 is 5.91 Å². The van der Waals surface area contributed by atoms with E-state index in [1.807, 2.05) is 10.8 Å². The molecule has 0 saturated heterocycles. The first-order valence-electron chi connectivity index (χ1n) is 5.58. The summed E-state index contributed by atoms with van der Waals surface area (Å²) in [7, 11) is 0. The van der Waals surface area contributed by atoms with Crippen molar-refractivity contribution in [3.63, 3.8) is 0 Å². The van der Waals surface area contributed by atoms with E-state index in [0.717, 1.165) is 18.9 Å². The molecular formula is C11H20N4O. The number of hydrogen-bond acceptors (Lipinski definition) is 3. The fourth-order valence-corrected chi connectivity index (χ4v) is 1.41. The number of aryl methyl sites for hydroxylation is 1. The van der Waals surface area contributed by atoms with Crippen molar-refractivity contribution in [1.82, 2.24) is 14.9 Å². The summed E-state index contributed by atoms with van der Waals surface area (Å²) in [5, 5.41) is 3.32. The van der Waals surface area contributed by atoms with Crippen LogP contribution in [0.3, 0.4) is 0 Å². The predicted octanol–water partition coefficient (Wildman–Crippen LogP) is 0.504. The number of carbonyl (C=O) groups excluding carboxylic acids is 1. The van der Waals surface area contributed by atoms with Crippen LogP contribution in [0.2, 0.25) is 0 Å². The molecule has 1 rings (SSSR count). The summed E-state index contributed by atoms with van der Waals surface area (Å²) in [6.45, 7) is 6.61. The lowest BCUT2D eigenvalue weighted by Crippen LogP contribution is -2.22. The number of nitrogens with one attached hydrogen (secondary N) is 1. The van der Waals surface area contributed by atoms with Crippen LogP contribution in [0.15, 0.2) is 12.4 Å². The second-order valence-corrected chi connectivity index (χ2v) is 4.28. The standard InChI is InChI=1S/C11H20N4O/c1-9(2)7-13-8-11-14-4-6-15(11)5-3-10(12)16/h4,6,9,13H,3,5,7-8H2,1-2H3,(H2,12,16). The summed E-state index contributed by atoms with van der Waals surface area (Å²) in [4.78, 5) is 14.9. The van der Waals surface area contributed by atoms with Gasteiger partial charge in [0.1, 0.15) is 5.82 Å². The van der Waals surface area contributed by atoms with Crippen molar-refractivity contribution in [1.29, 1.82) is 0 Å². The zero-order chi connectivity index (χ0) is 12.0. The fourth-order valence-electron chi connectivity index (χ4n) is 1.41. The fraction of sp³-hybridized carbons (Fsp3) is 0.636. The third-order valence-corrected chi connectivity index (χ3v) is 2.24. The van der Waals surface area contributed by atoms with Gasteiger partial charge in [-0.25, -0.2) is 4.98 Å². The average molecular weight is 224 g/mol. The molecular weight excluding hydrogens is 204 g/mol. The van der Waals surface area contributed by atoms with E-state index in [1.54, 1.807) is 6.20 Å². The number of amides is 1. The molecule has 0 radical (unpaired) electrons. The third-order valence-electron chi connectivity index (χ3n) is 2.24. The van der Waals surface area contributed by atoms with E-state index in [2.05, 4.69) is 24.1 Å². The van der Waals surface area contributed by atoms with Crippen LogP contribution in [-0.4, -0.2) is 22.0 Å². The summed E-state index contributed by atoms with van der Waals surface area (Å²) >= 11 is 0. The van der Waals surface area contributed by atoms with Crippen molar-refractivity contribution in [3.8, 4) is 0 Å². The maximum absolute atomic E-state index is 10.7. The number of hydrogen-bond donors (Lipinski definition) is 2. The Morgan fingerprint density at radius 3 is 3.00 bits per heavy atom. The smallest absolute Gasteiger partial charge is 0.219 e. The van der Waals surface area contributed by atoms with Crippen LogP contribution in [0.25, 0.3) is 0 Å². The lowest BCUT2D eigenvalue weighted by molar-refractivity contribution is -0.118. The zero-order valence-electron chi connectivity index (χ0n) is 9.94. The van der Waals surface area contributed by atoms with Gasteiger partial charge in [0.25, 0.3) is 0 Å². The van der Waals surface area contributed by atoms with E-state index < -0.39 is 0 Å². The number of imidazole rings is 1. The minimum atomic E-state index is -0.283. The van der Waals surface area contributed by atoms with E-state index in [1.165, 1.54) is 0 Å². The largest absolute Gasteiger partial charge is 0.370 e. The van der Waals surface area contributed by atoms with Crippen LogP contribution in [0.4, 0.5) is 0 Å². The number of carbonyl (C=O) groups is 1. The summed E-state index contributed by atoms with van der Waals surface area (Å²) in [5.74, 6) is 1.28. The molecule has 1 aromatic heterocycles. The summed E-state index contributed by atoms with van der Waals surface area (Å²) in [6, 6.07) is 0. The Morgan fingerprint density at radius 2 is 2.38 bits per heavy atom. The average Bonchev–Trinajstić information content (AvgIpc) is 2.62. The van der Waals surface area contributed by atoms with E-state index in [9.17, 15) is 4.79 Å². The molecule has 1 aromatic rings. The van der Waals surface area contributed by atoms with Gasteiger partial charge in [0, 0.05) is 25.4 Å². The highest BCUT2D eigenvalue weighted by Gasteiger charge is 2.04. The topological polar surface area (TPSA) is 72.9 Å². The van der Waals surface area contributed by atoms with E-state index in [-0.39, 0.29) is 5.91 Å². The second-order valence-electron chi connectivity index (χ2n) is 4.28. The molecule has 0 atom stereocenters. The lowest BCUT2D eigenvalue weighted by atomic mass is 10.2. The van der Waals surface area contributed by atoms with Gasteiger partial charge >= 0.3 is 0 Å². The van der Waals surface area contributed by atoms with Gasteiger partial charge in [-0.3, -0.25) is 4.79 Å². The molecule has 3 N–H and O–H groups in total. The number of primary amides is 1. The molecule has 5 heteroatoms. The van der Waals surface area contributed by atoms with E-state index >= 15 is 0 Å². The molecule has 0 aliphatic rings. The molecule has 0 fully saturated rings. The molecule has 0 aliphatic heterocycles. The Morgan fingerprint density at radius 1 is 1.62 bits per heavy atom. The van der Waals surface area contributed by atoms with Crippen LogP contribution in [0.1, 0.15) is 26.1 Å². The molecule has 0 unspecified atom stereocenters. The highest BCUT2D eigenvalue weighted by Crippen LogP contribution is 1.99. The Kier molecular flexibility index (Phi) is 4.98. The molecule has 0 aromatic carbocycles. The highest BCUT2D eigenvalue weighted by molar-refractivity contribution is 5.73. The van der Waals surface area contributed by atoms with Gasteiger partial charge in [0.2, 0.25) is 5.91 Å². The van der Waals surface area contributed by atoms with Crippen molar-refractivity contribution in [2.75, 3.05) is 6.54 Å². The lowest BCUT2D eigenvalue weighted by Gasteiger charge is -2.09. The Bertz CT molecular complexity index is 332. The van der Waals surface area contributed by atoms with Gasteiger partial charge < -0.3 is 15.6 Å². The maximum atomic E-state index is 10.7. The first-order chi connectivity index (χ1) is 7.59. The van der Waals surface area contributed by atoms with Crippen LogP contribution in [0.5, 0.6) is 0 Å². The van der Waals surface area contributed by atoms with Crippen LogP contribution < -0.4 is 11.1 Å². The monoisotopic (exact) mass is 224 g/mol. The predicted molar refractivity (Wildman–Crippen MR) is 62.6 cm³/mol. The quantitative estimate of drug-likeness (QED) is 0.708. The Hall–Kier alpha value is -1.36. The molecule has 16 heavy (non-hydrogen) atoms. The molecule has 1 heterocycles. The second kappa shape index (κ2) is 6.27. The van der Waals surface area contributed by atoms with Gasteiger partial charge in [-0.2, -0.15) is 0 Å². The van der Waals surface area contributed by atoms with Crippen molar-refractivity contribution in [2.45, 2.75) is 33.4 Å². The maximum Gasteiger partial charge on any atom is 0.219 e. The summed E-state index contributed by atoms with van der Waals surface area (Å²) in [5.41, 5.74) is 5.11. The number of nitrogens with zero attached hydrogens (tertiary/aromatic N) is 2. The van der Waals surface area contributed by atoms with Crippen molar-refractivity contribution in [2.24, 2.45) is 11.7 Å². The normalized spacial score (nSPS) is 10.9. The molecule has 0 saturated carbocycles. The van der Waals surface area contributed by atoms with E-state index in [0.29, 0.717) is 18.9 Å². The molecule has 5 nitrogen and oxygen atoms in total. The summed E-state index contributed by atoms with van der Waals surface area (Å²) in [6.07, 6.45) is 3.97. The first kappa shape index (κ1) is 12.7. The summed E-state index contributed by atoms with van der Waals surface area (Å²) < 4.78 is 1.96. The minimum Gasteiger partial charge on any atom is -0.370 e. The van der Waals surface area contributed by atoms with Crippen molar-refractivity contribution in [3.05, 3.63) is 18.2 Å². The highest BCUT2D eigenvalue weighted by atomic mass is 16.1. The van der Waals surface area contributed by atoms with Gasteiger partial charge in [-0.05, 0) is 12.5 Å². The number of aromatic nitrogens is 2. The van der Waals surface area contributed by atoms with Gasteiger partial charge in [-0.1, -0.05) is 13.8 Å². The van der Waals surface area contributed by atoms with Crippen LogP contribution in [0, 0.1) is 5.92 Å². The van der Waals surface area contributed by atoms with Crippen LogP contribution >= 0.6 is 0 Å². The number of rotatable bonds is 7. The zero-order valence-corrected chi connectivity index (χ0v) is 9.94. The first-order valence-corrected chi connectivity index (χ1v) is 5.58. The SMILES string of the molecule is CC(C)CNCc1nccn1CCC(N)=O. The molecule has 0 bridgehead atoms. The van der Waals surface area contributed by atoms with Crippen molar-refractivity contribution < 1.29 is 4.79 Å². The Balaban J connectivity index is 2.40. The van der Waals surface area contributed by atoms with Gasteiger partial charge in [0.05, 0.1) is 6.54 Å². The molecule has 1 amide bonds. The van der Waals surface area contributed by atoms with Gasteiger partial charge in [-0.15, -0.1) is 0 Å². The third kappa shape index (κ3) is 4.44. The minimum absolute atomic E-state index is 0.283. The van der Waals surface area contributed by atoms with Crippen LogP contribution in [-0.2, 0) is 17.9 Å². The number of nitrogens with two attached hydrogens (primary N) is 1. The van der Waals surface area contributed by atoms with Gasteiger partial charge in [0.15, 0.2) is 0 Å². The molecule has 0 spiro atoms. The van der Waals surface area contributed by atoms with E-state index in [4.69, 9.17) is 5.73 Å². The Labute approximate surface area is 96.0 Å². The molecule has 90 valence electrons.